The molecule has 3 fully saturated rings. The first kappa shape index (κ1) is 21.0. The molecule has 0 aromatic carbocycles. The van der Waals surface area contributed by atoms with Gasteiger partial charge in [0, 0.05) is 28.7 Å². The highest BCUT2D eigenvalue weighted by Crippen LogP contribution is 2.46. The molecule has 0 amide bonds. The van der Waals surface area contributed by atoms with E-state index in [-0.39, 0.29) is 6.42 Å². The third-order valence-corrected chi connectivity index (χ3v) is 8.29. The molecule has 0 radical (unpaired) electrons. The minimum Gasteiger partial charge on any atom is -0.481 e. The first-order chi connectivity index (χ1) is 13.1. The highest BCUT2D eigenvalue weighted by molar-refractivity contribution is 7.84. The Balaban J connectivity index is 1.40. The standard InChI is InChI=1S/C22H36O4S/c23-22(24)11-7-2-1-6-10-18-19(21-13-12-20(18)26-21)14-15-27(25)16-17-8-4-3-5-9-17/h1,6,17-21H,2-5,7-16H2,(H,23,24)/b6-1-/t18-,19+,20-,21+,27?/m1/s1. The fourth-order valence-corrected chi connectivity index (χ4v) is 6.87. The van der Waals surface area contributed by atoms with Crippen LogP contribution in [-0.4, -0.2) is 39.0 Å². The summed E-state index contributed by atoms with van der Waals surface area (Å²) in [6, 6.07) is 0. The summed E-state index contributed by atoms with van der Waals surface area (Å²) in [6.45, 7) is 0. The first-order valence-electron chi connectivity index (χ1n) is 11.0. The van der Waals surface area contributed by atoms with Gasteiger partial charge in [0.1, 0.15) is 0 Å². The van der Waals surface area contributed by atoms with E-state index >= 15 is 0 Å². The molecule has 154 valence electrons. The SMILES string of the molecule is O=C(O)CCC/C=C\C[C@@H]1[C@H](CCS(=O)CC2CCCCC2)[C@@H]2CC[C@H]1O2. The Morgan fingerprint density at radius 1 is 1.04 bits per heavy atom. The van der Waals surface area contributed by atoms with Crippen molar-refractivity contribution in [3.8, 4) is 0 Å². The summed E-state index contributed by atoms with van der Waals surface area (Å²) in [6.07, 6.45) is 17.9. The maximum atomic E-state index is 12.6. The van der Waals surface area contributed by atoms with Crippen LogP contribution in [0.3, 0.4) is 0 Å². The number of unbranched alkanes of at least 4 members (excludes halogenated alkanes) is 1. The molecule has 5 atom stereocenters. The number of carboxylic acids is 1. The fourth-order valence-electron chi connectivity index (χ4n) is 5.31. The summed E-state index contributed by atoms with van der Waals surface area (Å²) in [5.74, 6) is 2.85. The van der Waals surface area contributed by atoms with Crippen molar-refractivity contribution in [3.63, 3.8) is 0 Å². The number of fused-ring (bicyclic) bond motifs is 2. The van der Waals surface area contributed by atoms with Crippen LogP contribution in [0.5, 0.6) is 0 Å². The molecular weight excluding hydrogens is 360 g/mol. The monoisotopic (exact) mass is 396 g/mol. The molecule has 0 aromatic heterocycles. The van der Waals surface area contributed by atoms with Crippen LogP contribution in [0.1, 0.15) is 77.0 Å². The number of carboxylic acid groups (broad SMARTS) is 1. The Kier molecular flexibility index (Phi) is 8.38. The van der Waals surface area contributed by atoms with Gasteiger partial charge in [-0.05, 0) is 69.1 Å². The van der Waals surface area contributed by atoms with Gasteiger partial charge in [-0.15, -0.1) is 0 Å². The van der Waals surface area contributed by atoms with E-state index in [1.165, 1.54) is 44.9 Å². The molecule has 1 aliphatic carbocycles. The summed E-state index contributed by atoms with van der Waals surface area (Å²) >= 11 is 0. The molecule has 5 heteroatoms. The minimum absolute atomic E-state index is 0.247. The second-order valence-corrected chi connectivity index (χ2v) is 10.3. The minimum atomic E-state index is -0.716. The van der Waals surface area contributed by atoms with Gasteiger partial charge < -0.3 is 9.84 Å². The number of carbonyl (C=O) groups is 1. The van der Waals surface area contributed by atoms with E-state index in [1.807, 2.05) is 0 Å². The predicted octanol–water partition coefficient (Wildman–Crippen LogP) is 4.70. The van der Waals surface area contributed by atoms with Gasteiger partial charge in [-0.3, -0.25) is 9.00 Å². The van der Waals surface area contributed by atoms with Gasteiger partial charge in [0.25, 0.3) is 0 Å². The Bertz CT molecular complexity index is 526. The summed E-state index contributed by atoms with van der Waals surface area (Å²) in [5.41, 5.74) is 0. The Labute approximate surface area is 166 Å². The number of aliphatic carboxylic acids is 1. The van der Waals surface area contributed by atoms with Gasteiger partial charge in [0.05, 0.1) is 12.2 Å². The van der Waals surface area contributed by atoms with Crippen LogP contribution in [0.4, 0.5) is 0 Å². The molecule has 1 N–H and O–H groups in total. The van der Waals surface area contributed by atoms with Gasteiger partial charge in [0.15, 0.2) is 0 Å². The van der Waals surface area contributed by atoms with E-state index in [1.54, 1.807) is 0 Å². The van der Waals surface area contributed by atoms with Crippen molar-refractivity contribution < 1.29 is 18.8 Å². The lowest BCUT2D eigenvalue weighted by Gasteiger charge is -2.27. The van der Waals surface area contributed by atoms with E-state index in [2.05, 4.69) is 12.2 Å². The zero-order chi connectivity index (χ0) is 19.1. The van der Waals surface area contributed by atoms with Crippen LogP contribution in [0, 0.1) is 17.8 Å². The lowest BCUT2D eigenvalue weighted by atomic mass is 9.76. The smallest absolute Gasteiger partial charge is 0.303 e. The summed E-state index contributed by atoms with van der Waals surface area (Å²) in [4.78, 5) is 10.6. The van der Waals surface area contributed by atoms with Crippen molar-refractivity contribution in [2.75, 3.05) is 11.5 Å². The molecule has 2 aliphatic heterocycles. The van der Waals surface area contributed by atoms with Crippen LogP contribution < -0.4 is 0 Å². The van der Waals surface area contributed by atoms with Gasteiger partial charge in [-0.2, -0.15) is 0 Å². The highest BCUT2D eigenvalue weighted by atomic mass is 32.2. The van der Waals surface area contributed by atoms with Gasteiger partial charge >= 0.3 is 5.97 Å². The van der Waals surface area contributed by atoms with E-state index in [0.29, 0.717) is 36.4 Å². The van der Waals surface area contributed by atoms with E-state index in [9.17, 15) is 9.00 Å². The second kappa shape index (κ2) is 10.8. The molecule has 2 saturated heterocycles. The lowest BCUT2D eigenvalue weighted by Crippen LogP contribution is -2.28. The van der Waals surface area contributed by atoms with Crippen molar-refractivity contribution in [1.82, 2.24) is 0 Å². The van der Waals surface area contributed by atoms with Crippen molar-refractivity contribution in [2.24, 2.45) is 17.8 Å². The average molecular weight is 397 g/mol. The van der Waals surface area contributed by atoms with Gasteiger partial charge in [-0.25, -0.2) is 0 Å². The number of allylic oxidation sites excluding steroid dienone is 2. The van der Waals surface area contributed by atoms with Crippen LogP contribution in [0.25, 0.3) is 0 Å². The predicted molar refractivity (Wildman–Crippen MR) is 109 cm³/mol. The summed E-state index contributed by atoms with van der Waals surface area (Å²) in [7, 11) is -0.674. The van der Waals surface area contributed by atoms with E-state index < -0.39 is 16.8 Å². The average Bonchev–Trinajstić information content (AvgIpc) is 3.25. The number of hydrogen-bond acceptors (Lipinski definition) is 3. The maximum Gasteiger partial charge on any atom is 0.303 e. The fraction of sp³-hybridized carbons (Fsp3) is 0.864. The first-order valence-corrected chi connectivity index (χ1v) is 12.5. The molecule has 2 heterocycles. The van der Waals surface area contributed by atoms with Crippen LogP contribution in [-0.2, 0) is 20.3 Å². The number of ether oxygens (including phenoxy) is 1. The summed E-state index contributed by atoms with van der Waals surface area (Å²) < 4.78 is 18.8. The third kappa shape index (κ3) is 6.42. The van der Waals surface area contributed by atoms with E-state index in [4.69, 9.17) is 9.84 Å². The molecule has 3 aliphatic rings. The van der Waals surface area contributed by atoms with Crippen molar-refractivity contribution >= 4 is 16.8 Å². The quantitative estimate of drug-likeness (QED) is 0.406. The van der Waals surface area contributed by atoms with Crippen molar-refractivity contribution in [3.05, 3.63) is 12.2 Å². The Morgan fingerprint density at radius 2 is 1.78 bits per heavy atom. The summed E-state index contributed by atoms with van der Waals surface area (Å²) in [5, 5.41) is 8.69. The number of hydrogen-bond donors (Lipinski definition) is 1. The molecule has 27 heavy (non-hydrogen) atoms. The van der Waals surface area contributed by atoms with E-state index in [0.717, 1.165) is 30.8 Å². The molecular formula is C22H36O4S. The molecule has 0 spiro atoms. The molecule has 4 nitrogen and oxygen atoms in total. The normalized spacial score (nSPS) is 32.3. The topological polar surface area (TPSA) is 63.6 Å². The number of rotatable bonds is 11. The molecule has 2 bridgehead atoms. The molecule has 3 rings (SSSR count). The second-order valence-electron chi connectivity index (χ2n) is 8.71. The largest absolute Gasteiger partial charge is 0.481 e. The van der Waals surface area contributed by atoms with Gasteiger partial charge in [-0.1, -0.05) is 31.4 Å². The lowest BCUT2D eigenvalue weighted by molar-refractivity contribution is -0.137. The molecule has 1 unspecified atom stereocenters. The van der Waals surface area contributed by atoms with Crippen molar-refractivity contribution in [1.29, 1.82) is 0 Å². The van der Waals surface area contributed by atoms with Crippen molar-refractivity contribution in [2.45, 2.75) is 89.3 Å². The van der Waals surface area contributed by atoms with Crippen LogP contribution >= 0.6 is 0 Å². The zero-order valence-corrected chi connectivity index (χ0v) is 17.3. The van der Waals surface area contributed by atoms with Crippen LogP contribution in [0.15, 0.2) is 12.2 Å². The highest BCUT2D eigenvalue weighted by Gasteiger charge is 2.47. The zero-order valence-electron chi connectivity index (χ0n) is 16.5. The molecule has 1 saturated carbocycles. The van der Waals surface area contributed by atoms with Gasteiger partial charge in [0.2, 0.25) is 0 Å². The van der Waals surface area contributed by atoms with Crippen LogP contribution in [0.2, 0.25) is 0 Å². The Morgan fingerprint density at radius 3 is 2.52 bits per heavy atom. The maximum absolute atomic E-state index is 12.6. The third-order valence-electron chi connectivity index (χ3n) is 6.75. The Hall–Kier alpha value is -0.680. The molecule has 0 aromatic rings.